The lowest BCUT2D eigenvalue weighted by atomic mass is 10.1. The normalized spacial score (nSPS) is 11.2. The molecular weight excluding hydrogens is 516 g/mol. The van der Waals surface area contributed by atoms with E-state index in [0.717, 1.165) is 11.1 Å². The van der Waals surface area contributed by atoms with Crippen molar-refractivity contribution >= 4 is 34.9 Å². The fourth-order valence-corrected chi connectivity index (χ4v) is 4.30. The van der Waals surface area contributed by atoms with Crippen LogP contribution >= 0.6 is 11.3 Å². The molecular formula is C28H36N6O4S. The van der Waals surface area contributed by atoms with E-state index in [9.17, 15) is 14.4 Å². The van der Waals surface area contributed by atoms with Crippen LogP contribution in [0.3, 0.4) is 0 Å². The van der Waals surface area contributed by atoms with Crippen LogP contribution < -0.4 is 10.6 Å². The van der Waals surface area contributed by atoms with E-state index >= 15 is 0 Å². The van der Waals surface area contributed by atoms with Gasteiger partial charge in [-0.3, -0.25) is 20.1 Å². The molecule has 0 fully saturated rings. The second kappa shape index (κ2) is 13.8. The Morgan fingerprint density at radius 2 is 1.74 bits per heavy atom. The van der Waals surface area contributed by atoms with Gasteiger partial charge in [-0.1, -0.05) is 6.07 Å². The molecule has 0 aliphatic carbocycles. The summed E-state index contributed by atoms with van der Waals surface area (Å²) < 4.78 is 5.31. The average molecular weight is 553 g/mol. The van der Waals surface area contributed by atoms with E-state index in [-0.39, 0.29) is 18.2 Å². The molecule has 11 heteroatoms. The SMILES string of the molecule is CN(C)CCN(Cc1ccc(C(=O)Cc2cscc2NC(=O)OC(C)(C)C)nc1)C(=O)NCc1ccncc1. The van der Waals surface area contributed by atoms with E-state index < -0.39 is 11.7 Å². The maximum atomic E-state index is 12.9. The van der Waals surface area contributed by atoms with Gasteiger partial charge in [0.2, 0.25) is 0 Å². The first kappa shape index (κ1) is 29.7. The van der Waals surface area contributed by atoms with Crippen LogP contribution in [0.5, 0.6) is 0 Å². The zero-order valence-electron chi connectivity index (χ0n) is 23.1. The number of nitrogens with zero attached hydrogens (tertiary/aromatic N) is 4. The van der Waals surface area contributed by atoms with Gasteiger partial charge in [-0.2, -0.15) is 0 Å². The first-order valence-electron chi connectivity index (χ1n) is 12.6. The molecule has 3 heterocycles. The zero-order valence-corrected chi connectivity index (χ0v) is 23.9. The maximum absolute atomic E-state index is 12.9. The van der Waals surface area contributed by atoms with E-state index in [4.69, 9.17) is 4.74 Å². The molecule has 0 aromatic carbocycles. The standard InChI is InChI=1S/C28H36N6O4S/c1-28(2,3)38-27(37)32-24-19-39-18-22(24)14-25(35)23-7-6-21(16-30-23)17-34(13-12-33(4)5)26(36)31-15-20-8-10-29-11-9-20/h6-11,16,18-19H,12-15,17H2,1-5H3,(H,31,36)(H,32,37). The number of thiophene rings is 1. The topological polar surface area (TPSA) is 117 Å². The summed E-state index contributed by atoms with van der Waals surface area (Å²) in [6.45, 7) is 7.35. The molecule has 0 aliphatic rings. The second-order valence-electron chi connectivity index (χ2n) is 10.3. The van der Waals surface area contributed by atoms with Gasteiger partial charge in [0.05, 0.1) is 5.69 Å². The Balaban J connectivity index is 1.61. The number of carbonyl (C=O) groups is 3. The summed E-state index contributed by atoms with van der Waals surface area (Å²) in [6, 6.07) is 7.01. The summed E-state index contributed by atoms with van der Waals surface area (Å²) >= 11 is 1.39. The number of amides is 3. The fourth-order valence-electron chi connectivity index (χ4n) is 3.51. The third-order valence-corrected chi connectivity index (χ3v) is 6.30. The number of likely N-dealkylation sites (N-methyl/N-ethyl adjacent to an activating group) is 1. The van der Waals surface area contributed by atoms with Crippen molar-refractivity contribution in [1.29, 1.82) is 0 Å². The predicted molar refractivity (Wildman–Crippen MR) is 152 cm³/mol. The molecule has 0 unspecified atom stereocenters. The van der Waals surface area contributed by atoms with Crippen LogP contribution in [0.4, 0.5) is 15.3 Å². The van der Waals surface area contributed by atoms with Gasteiger partial charge in [-0.15, -0.1) is 11.3 Å². The van der Waals surface area contributed by atoms with Gasteiger partial charge in [0.25, 0.3) is 0 Å². The summed E-state index contributed by atoms with van der Waals surface area (Å²) in [5, 5.41) is 9.26. The fraction of sp³-hybridized carbons (Fsp3) is 0.393. The van der Waals surface area contributed by atoms with Crippen LogP contribution in [0.1, 0.15) is 48.0 Å². The van der Waals surface area contributed by atoms with Crippen molar-refractivity contribution in [2.75, 3.05) is 32.5 Å². The van der Waals surface area contributed by atoms with Crippen molar-refractivity contribution in [3.63, 3.8) is 0 Å². The van der Waals surface area contributed by atoms with Gasteiger partial charge >= 0.3 is 12.1 Å². The number of pyridine rings is 2. The minimum absolute atomic E-state index is 0.0906. The molecule has 0 radical (unpaired) electrons. The minimum atomic E-state index is -0.621. The third kappa shape index (κ3) is 10.1. The van der Waals surface area contributed by atoms with Crippen molar-refractivity contribution in [1.82, 2.24) is 25.1 Å². The molecule has 10 nitrogen and oxygen atoms in total. The van der Waals surface area contributed by atoms with Crippen LogP contribution in [0, 0.1) is 0 Å². The van der Waals surface area contributed by atoms with Crippen molar-refractivity contribution in [3.05, 3.63) is 76.0 Å². The van der Waals surface area contributed by atoms with Crippen LogP contribution in [0.2, 0.25) is 0 Å². The van der Waals surface area contributed by atoms with Gasteiger partial charge in [-0.05, 0) is 75.1 Å². The Morgan fingerprint density at radius 3 is 2.38 bits per heavy atom. The lowest BCUT2D eigenvalue weighted by Crippen LogP contribution is -2.42. The number of urea groups is 1. The number of anilines is 1. The number of Topliss-reactive ketones (excluding diaryl/α,β-unsaturated/α-hetero) is 1. The quantitative estimate of drug-likeness (QED) is 0.334. The molecule has 0 aliphatic heterocycles. The van der Waals surface area contributed by atoms with Gasteiger partial charge in [0, 0.05) is 56.6 Å². The summed E-state index contributed by atoms with van der Waals surface area (Å²) in [4.78, 5) is 50.1. The Kier molecular flexibility index (Phi) is 10.5. The van der Waals surface area contributed by atoms with Crippen molar-refractivity contribution in [2.24, 2.45) is 0 Å². The monoisotopic (exact) mass is 552 g/mol. The number of ether oxygens (including phenoxy) is 1. The van der Waals surface area contributed by atoms with E-state index in [1.165, 1.54) is 11.3 Å². The number of carbonyl (C=O) groups excluding carboxylic acids is 3. The highest BCUT2D eigenvalue weighted by molar-refractivity contribution is 7.08. The molecule has 0 saturated heterocycles. The molecule has 3 amide bonds. The lowest BCUT2D eigenvalue weighted by molar-refractivity contribution is 0.0635. The van der Waals surface area contributed by atoms with E-state index in [1.54, 1.807) is 55.7 Å². The number of aromatic nitrogens is 2. The van der Waals surface area contributed by atoms with Crippen molar-refractivity contribution in [3.8, 4) is 0 Å². The molecule has 0 bridgehead atoms. The van der Waals surface area contributed by atoms with Gasteiger partial charge in [-0.25, -0.2) is 9.59 Å². The van der Waals surface area contributed by atoms with E-state index in [1.807, 2.05) is 42.6 Å². The maximum Gasteiger partial charge on any atom is 0.412 e. The first-order valence-corrected chi connectivity index (χ1v) is 13.5. The Morgan fingerprint density at radius 1 is 1.00 bits per heavy atom. The van der Waals surface area contributed by atoms with Crippen LogP contribution in [0.25, 0.3) is 0 Å². The molecule has 3 aromatic heterocycles. The predicted octanol–water partition coefficient (Wildman–Crippen LogP) is 4.58. The molecule has 208 valence electrons. The summed E-state index contributed by atoms with van der Waals surface area (Å²) in [7, 11) is 3.91. The molecule has 39 heavy (non-hydrogen) atoms. The van der Waals surface area contributed by atoms with Crippen molar-refractivity contribution in [2.45, 2.75) is 45.9 Å². The Hall–Kier alpha value is -3.83. The lowest BCUT2D eigenvalue weighted by Gasteiger charge is -2.25. The Labute approximate surface area is 233 Å². The van der Waals surface area contributed by atoms with E-state index in [0.29, 0.717) is 43.1 Å². The zero-order chi connectivity index (χ0) is 28.4. The minimum Gasteiger partial charge on any atom is -0.444 e. The number of nitrogens with one attached hydrogen (secondary N) is 2. The largest absolute Gasteiger partial charge is 0.444 e. The van der Waals surface area contributed by atoms with Crippen LogP contribution in [0.15, 0.2) is 53.6 Å². The second-order valence-corrected chi connectivity index (χ2v) is 11.1. The number of hydrogen-bond donors (Lipinski definition) is 2. The molecule has 0 atom stereocenters. The average Bonchev–Trinajstić information content (AvgIpc) is 3.30. The number of ketones is 1. The number of hydrogen-bond acceptors (Lipinski definition) is 8. The molecule has 3 aromatic rings. The van der Waals surface area contributed by atoms with Gasteiger partial charge in [0.15, 0.2) is 5.78 Å². The van der Waals surface area contributed by atoms with Gasteiger partial charge < -0.3 is 19.9 Å². The van der Waals surface area contributed by atoms with Crippen molar-refractivity contribution < 1.29 is 19.1 Å². The molecule has 0 saturated carbocycles. The van der Waals surface area contributed by atoms with Gasteiger partial charge in [0.1, 0.15) is 11.3 Å². The highest BCUT2D eigenvalue weighted by Gasteiger charge is 2.19. The van der Waals surface area contributed by atoms with E-state index in [2.05, 4.69) is 20.6 Å². The van der Waals surface area contributed by atoms with Crippen LogP contribution in [-0.4, -0.2) is 70.5 Å². The smallest absolute Gasteiger partial charge is 0.412 e. The highest BCUT2D eigenvalue weighted by Crippen LogP contribution is 2.23. The molecule has 2 N–H and O–H groups in total. The summed E-state index contributed by atoms with van der Waals surface area (Å²) in [5.74, 6) is -0.174. The summed E-state index contributed by atoms with van der Waals surface area (Å²) in [5.41, 5.74) is 2.72. The third-order valence-electron chi connectivity index (χ3n) is 5.51. The number of rotatable bonds is 11. The highest BCUT2D eigenvalue weighted by atomic mass is 32.1. The molecule has 0 spiro atoms. The summed E-state index contributed by atoms with van der Waals surface area (Å²) in [6.07, 6.45) is 4.53. The molecule has 3 rings (SSSR count). The Bertz CT molecular complexity index is 1240. The van der Waals surface area contributed by atoms with Crippen LogP contribution in [-0.2, 0) is 24.2 Å². The first-order chi connectivity index (χ1) is 18.5.